The van der Waals surface area contributed by atoms with Gasteiger partial charge in [0, 0.05) is 19.4 Å². The molecule has 2 aromatic carbocycles. The van der Waals surface area contributed by atoms with Gasteiger partial charge in [-0.15, -0.1) is 0 Å². The largest absolute Gasteiger partial charge is 0.493 e. The lowest BCUT2D eigenvalue weighted by molar-refractivity contribution is -0.151. The maximum Gasteiger partial charge on any atom is 0.326 e. The van der Waals surface area contributed by atoms with Crippen LogP contribution in [0.25, 0.3) is 0 Å². The number of benzene rings is 2. The number of fused-ring (bicyclic) bond motifs is 1. The highest BCUT2D eigenvalue weighted by Crippen LogP contribution is 2.24. The molecule has 0 fully saturated rings. The smallest absolute Gasteiger partial charge is 0.326 e. The van der Waals surface area contributed by atoms with Crippen LogP contribution in [0, 0.1) is 6.92 Å². The number of amides is 1. The summed E-state index contributed by atoms with van der Waals surface area (Å²) in [6.07, 6.45) is 1.19. The van der Waals surface area contributed by atoms with E-state index in [0.29, 0.717) is 26.0 Å². The molecule has 26 heavy (non-hydrogen) atoms. The van der Waals surface area contributed by atoms with Crippen LogP contribution >= 0.6 is 0 Å². The minimum Gasteiger partial charge on any atom is -0.493 e. The minimum atomic E-state index is -0.955. The molecular weight excluding hydrogens is 330 g/mol. The normalized spacial score (nSPS) is 16.0. The molecule has 1 atom stereocenters. The second kappa shape index (κ2) is 8.04. The molecule has 1 aliphatic rings. The van der Waals surface area contributed by atoms with Gasteiger partial charge >= 0.3 is 5.97 Å². The Morgan fingerprint density at radius 3 is 2.54 bits per heavy atom. The van der Waals surface area contributed by atoms with E-state index in [-0.39, 0.29) is 12.3 Å². The summed E-state index contributed by atoms with van der Waals surface area (Å²) >= 11 is 0. The molecule has 0 saturated carbocycles. The topological polar surface area (TPSA) is 66.8 Å². The van der Waals surface area contributed by atoms with E-state index in [1.165, 1.54) is 4.90 Å². The SMILES string of the molecule is Cc1ccccc1OCCCC(=O)N1Cc2ccccc2CC1C(=O)O. The number of aliphatic carboxylic acids is 1. The van der Waals surface area contributed by atoms with Crippen LogP contribution in [0.5, 0.6) is 5.75 Å². The number of carboxylic acids is 1. The van der Waals surface area contributed by atoms with Gasteiger partial charge in [0.05, 0.1) is 6.61 Å². The standard InChI is InChI=1S/C21H23NO4/c1-15-7-2-5-10-19(15)26-12-6-11-20(23)22-14-17-9-4-3-8-16(17)13-18(22)21(24)25/h2-5,7-10,18H,6,11-14H2,1H3,(H,24,25). The molecule has 0 bridgehead atoms. The van der Waals surface area contributed by atoms with Gasteiger partial charge in [0.15, 0.2) is 0 Å². The number of carbonyl (C=O) groups is 2. The molecule has 1 aliphatic heterocycles. The Bertz CT molecular complexity index is 802. The van der Waals surface area contributed by atoms with Gasteiger partial charge in [0.2, 0.25) is 5.91 Å². The Balaban J connectivity index is 1.58. The lowest BCUT2D eigenvalue weighted by Gasteiger charge is -2.34. The number of ether oxygens (including phenoxy) is 1. The molecule has 3 rings (SSSR count). The summed E-state index contributed by atoms with van der Waals surface area (Å²) in [4.78, 5) is 25.7. The average molecular weight is 353 g/mol. The predicted octanol–water partition coefficient (Wildman–Crippen LogP) is 3.19. The van der Waals surface area contributed by atoms with Crippen molar-refractivity contribution in [2.24, 2.45) is 0 Å². The molecule has 0 spiro atoms. The van der Waals surface area contributed by atoms with Crippen molar-refractivity contribution < 1.29 is 19.4 Å². The number of carbonyl (C=O) groups excluding carboxylic acids is 1. The second-order valence-electron chi connectivity index (χ2n) is 6.57. The molecule has 0 saturated heterocycles. The van der Waals surface area contributed by atoms with Gasteiger partial charge in [0.1, 0.15) is 11.8 Å². The Labute approximate surface area is 153 Å². The van der Waals surface area contributed by atoms with Crippen molar-refractivity contribution in [1.29, 1.82) is 0 Å². The first-order valence-corrected chi connectivity index (χ1v) is 8.83. The molecule has 2 aromatic rings. The number of carboxylic acid groups (broad SMARTS) is 1. The second-order valence-corrected chi connectivity index (χ2v) is 6.57. The maximum absolute atomic E-state index is 12.6. The van der Waals surface area contributed by atoms with E-state index in [0.717, 1.165) is 22.4 Å². The minimum absolute atomic E-state index is 0.139. The molecule has 136 valence electrons. The first-order valence-electron chi connectivity index (χ1n) is 8.83. The summed E-state index contributed by atoms with van der Waals surface area (Å²) in [7, 11) is 0. The molecule has 1 unspecified atom stereocenters. The Morgan fingerprint density at radius 2 is 1.81 bits per heavy atom. The van der Waals surface area contributed by atoms with Crippen LogP contribution in [0.15, 0.2) is 48.5 Å². The van der Waals surface area contributed by atoms with Crippen molar-refractivity contribution in [1.82, 2.24) is 4.90 Å². The first kappa shape index (κ1) is 18.0. The Kier molecular flexibility index (Phi) is 5.56. The van der Waals surface area contributed by atoms with Crippen LogP contribution in [0.3, 0.4) is 0 Å². The molecule has 0 aromatic heterocycles. The van der Waals surface area contributed by atoms with Crippen molar-refractivity contribution in [2.75, 3.05) is 6.61 Å². The molecule has 0 aliphatic carbocycles. The van der Waals surface area contributed by atoms with Crippen LogP contribution in [0.4, 0.5) is 0 Å². The average Bonchev–Trinajstić information content (AvgIpc) is 2.65. The van der Waals surface area contributed by atoms with E-state index in [9.17, 15) is 14.7 Å². The van der Waals surface area contributed by atoms with Gasteiger partial charge in [-0.05, 0) is 36.1 Å². The summed E-state index contributed by atoms with van der Waals surface area (Å²) < 4.78 is 5.72. The fourth-order valence-corrected chi connectivity index (χ4v) is 3.27. The van der Waals surface area contributed by atoms with Crippen LogP contribution < -0.4 is 4.74 Å². The third-order valence-electron chi connectivity index (χ3n) is 4.74. The molecule has 1 amide bonds. The maximum atomic E-state index is 12.6. The van der Waals surface area contributed by atoms with Gasteiger partial charge in [-0.25, -0.2) is 4.79 Å². The van der Waals surface area contributed by atoms with E-state index in [2.05, 4.69) is 0 Å². The zero-order chi connectivity index (χ0) is 18.5. The highest BCUT2D eigenvalue weighted by molar-refractivity contribution is 5.84. The van der Waals surface area contributed by atoms with E-state index < -0.39 is 12.0 Å². The number of para-hydroxylation sites is 1. The number of hydrogen-bond acceptors (Lipinski definition) is 3. The highest BCUT2D eigenvalue weighted by Gasteiger charge is 2.33. The Hall–Kier alpha value is -2.82. The third kappa shape index (κ3) is 4.04. The van der Waals surface area contributed by atoms with Crippen molar-refractivity contribution in [3.8, 4) is 5.75 Å². The van der Waals surface area contributed by atoms with Crippen molar-refractivity contribution >= 4 is 11.9 Å². The van der Waals surface area contributed by atoms with E-state index in [4.69, 9.17) is 4.74 Å². The zero-order valence-corrected chi connectivity index (χ0v) is 14.9. The van der Waals surface area contributed by atoms with Crippen LogP contribution in [0.2, 0.25) is 0 Å². The number of hydrogen-bond donors (Lipinski definition) is 1. The molecule has 1 heterocycles. The van der Waals surface area contributed by atoms with Gasteiger partial charge in [-0.2, -0.15) is 0 Å². The monoisotopic (exact) mass is 353 g/mol. The number of aryl methyl sites for hydroxylation is 1. The summed E-state index contributed by atoms with van der Waals surface area (Å²) in [6.45, 7) is 2.76. The fourth-order valence-electron chi connectivity index (χ4n) is 3.27. The van der Waals surface area contributed by atoms with Gasteiger partial charge in [-0.1, -0.05) is 42.5 Å². The van der Waals surface area contributed by atoms with Crippen LogP contribution in [-0.4, -0.2) is 34.5 Å². The number of rotatable bonds is 6. The van der Waals surface area contributed by atoms with Crippen LogP contribution in [0.1, 0.15) is 29.5 Å². The summed E-state index contributed by atoms with van der Waals surface area (Å²) in [5.74, 6) is -0.278. The molecule has 0 radical (unpaired) electrons. The van der Waals surface area contributed by atoms with E-state index >= 15 is 0 Å². The highest BCUT2D eigenvalue weighted by atomic mass is 16.5. The number of nitrogens with zero attached hydrogens (tertiary/aromatic N) is 1. The van der Waals surface area contributed by atoms with Crippen molar-refractivity contribution in [3.05, 3.63) is 65.2 Å². The van der Waals surface area contributed by atoms with Crippen LogP contribution in [-0.2, 0) is 22.6 Å². The summed E-state index contributed by atoms with van der Waals surface area (Å²) in [5.41, 5.74) is 3.08. The fraction of sp³-hybridized carbons (Fsp3) is 0.333. The third-order valence-corrected chi connectivity index (χ3v) is 4.74. The van der Waals surface area contributed by atoms with Crippen molar-refractivity contribution in [2.45, 2.75) is 38.8 Å². The van der Waals surface area contributed by atoms with Gasteiger partial charge in [0.25, 0.3) is 0 Å². The van der Waals surface area contributed by atoms with Gasteiger partial charge in [-0.3, -0.25) is 4.79 Å². The molecular formula is C21H23NO4. The van der Waals surface area contributed by atoms with Gasteiger partial charge < -0.3 is 14.7 Å². The predicted molar refractivity (Wildman–Crippen MR) is 98.0 cm³/mol. The molecule has 1 N–H and O–H groups in total. The molecule has 5 heteroatoms. The van der Waals surface area contributed by atoms with E-state index in [1.54, 1.807) is 0 Å². The van der Waals surface area contributed by atoms with E-state index in [1.807, 2.05) is 55.5 Å². The lowest BCUT2D eigenvalue weighted by Crippen LogP contribution is -2.48. The Morgan fingerprint density at radius 1 is 1.12 bits per heavy atom. The van der Waals surface area contributed by atoms with Crippen molar-refractivity contribution in [3.63, 3.8) is 0 Å². The summed E-state index contributed by atoms with van der Waals surface area (Å²) in [5, 5.41) is 9.52. The molecule has 5 nitrogen and oxygen atoms in total. The quantitative estimate of drug-likeness (QED) is 0.810. The lowest BCUT2D eigenvalue weighted by atomic mass is 9.93. The zero-order valence-electron chi connectivity index (χ0n) is 14.9. The first-order chi connectivity index (χ1) is 12.6. The summed E-state index contributed by atoms with van der Waals surface area (Å²) in [6, 6.07) is 14.6.